The van der Waals surface area contributed by atoms with Gasteiger partial charge in [0.15, 0.2) is 0 Å². The predicted molar refractivity (Wildman–Crippen MR) is 133 cm³/mol. The molecule has 0 saturated carbocycles. The number of rotatable bonds is 3. The number of hydrogen-bond acceptors (Lipinski definition) is 7. The van der Waals surface area contributed by atoms with Crippen LogP contribution in [0.2, 0.25) is 5.02 Å². The number of thiophene rings is 1. The van der Waals surface area contributed by atoms with Crippen LogP contribution in [-0.2, 0) is 15.6 Å². The Morgan fingerprint density at radius 2 is 2.03 bits per heavy atom. The fraction of sp³-hybridized carbons (Fsp3) is 0.217. The second-order valence-corrected chi connectivity index (χ2v) is 11.8. The van der Waals surface area contributed by atoms with Crippen molar-refractivity contribution in [3.05, 3.63) is 64.3 Å². The highest BCUT2D eigenvalue weighted by Crippen LogP contribution is 2.47. The lowest BCUT2D eigenvalue weighted by Gasteiger charge is -2.33. The van der Waals surface area contributed by atoms with Gasteiger partial charge in [-0.05, 0) is 43.2 Å². The molecule has 1 aliphatic heterocycles. The Hall–Kier alpha value is -2.95. The van der Waals surface area contributed by atoms with E-state index in [1.54, 1.807) is 37.8 Å². The van der Waals surface area contributed by atoms with Crippen molar-refractivity contribution in [2.45, 2.75) is 19.4 Å². The number of fused-ring (bicyclic) bond motifs is 1. The number of halogens is 2. The van der Waals surface area contributed by atoms with Gasteiger partial charge in [-0.2, -0.15) is 0 Å². The van der Waals surface area contributed by atoms with Gasteiger partial charge < -0.3 is 10.2 Å². The largest absolute Gasteiger partial charge is 0.472 e. The average molecular weight is 519 g/mol. The van der Waals surface area contributed by atoms with Gasteiger partial charge in [-0.1, -0.05) is 17.7 Å². The lowest BCUT2D eigenvalue weighted by Crippen LogP contribution is -2.50. The van der Waals surface area contributed by atoms with Crippen molar-refractivity contribution in [3.63, 3.8) is 0 Å². The van der Waals surface area contributed by atoms with E-state index >= 15 is 4.39 Å². The van der Waals surface area contributed by atoms with Gasteiger partial charge in [0, 0.05) is 29.8 Å². The van der Waals surface area contributed by atoms with Crippen LogP contribution in [-0.4, -0.2) is 36.5 Å². The fourth-order valence-electron chi connectivity index (χ4n) is 4.13. The molecular weight excluding hydrogens is 499 g/mol. The molecule has 34 heavy (non-hydrogen) atoms. The van der Waals surface area contributed by atoms with Crippen LogP contribution in [0.15, 0.2) is 52.4 Å². The molecule has 0 spiro atoms. The maximum Gasteiger partial charge on any atom is 0.239 e. The summed E-state index contributed by atoms with van der Waals surface area (Å²) in [6.45, 7) is 3.57. The van der Waals surface area contributed by atoms with Crippen LogP contribution in [0, 0.1) is 12.7 Å². The highest BCUT2D eigenvalue weighted by molar-refractivity contribution is 7.89. The van der Waals surface area contributed by atoms with Gasteiger partial charge in [0.05, 0.1) is 38.6 Å². The highest BCUT2D eigenvalue weighted by atomic mass is 35.5. The van der Waals surface area contributed by atoms with Crippen LogP contribution in [0.5, 0.6) is 0 Å². The van der Waals surface area contributed by atoms with Gasteiger partial charge in [0.2, 0.25) is 16.0 Å². The van der Waals surface area contributed by atoms with E-state index in [4.69, 9.17) is 21.8 Å². The molecule has 1 unspecified atom stereocenters. The maximum atomic E-state index is 15.3. The average Bonchev–Trinajstić information content (AvgIpc) is 3.35. The first-order valence-corrected chi connectivity index (χ1v) is 13.0. The van der Waals surface area contributed by atoms with Crippen molar-refractivity contribution in [1.82, 2.24) is 9.29 Å². The topological polar surface area (TPSA) is 102 Å². The predicted octanol–water partition coefficient (Wildman–Crippen LogP) is 5.13. The molecule has 1 atom stereocenters. The summed E-state index contributed by atoms with van der Waals surface area (Å²) >= 11 is 7.97. The first-order valence-electron chi connectivity index (χ1n) is 10.2. The lowest BCUT2D eigenvalue weighted by molar-refractivity contribution is 0.482. The number of furan rings is 1. The van der Waals surface area contributed by atoms with Crippen LogP contribution in [0.4, 0.5) is 4.39 Å². The van der Waals surface area contributed by atoms with Gasteiger partial charge in [-0.3, -0.25) is 4.98 Å². The Kier molecular flexibility index (Phi) is 5.23. The number of aliphatic imine (C=N–C) groups is 1. The molecule has 2 N–H and O–H groups in total. The van der Waals surface area contributed by atoms with E-state index < -0.39 is 21.4 Å². The fourth-order valence-corrected chi connectivity index (χ4v) is 7.47. The van der Waals surface area contributed by atoms with Crippen LogP contribution in [0.25, 0.3) is 32.5 Å². The monoisotopic (exact) mass is 518 g/mol. The molecular formula is C23H20ClFN4O3S2. The summed E-state index contributed by atoms with van der Waals surface area (Å²) in [6, 6.07) is 6.65. The molecule has 5 rings (SSSR count). The zero-order valence-electron chi connectivity index (χ0n) is 18.5. The van der Waals surface area contributed by atoms with Gasteiger partial charge in [0.25, 0.3) is 0 Å². The van der Waals surface area contributed by atoms with Gasteiger partial charge in [0.1, 0.15) is 11.4 Å². The Labute approximate surface area is 204 Å². The molecule has 0 bridgehead atoms. The minimum absolute atomic E-state index is 0.114. The smallest absolute Gasteiger partial charge is 0.239 e. The van der Waals surface area contributed by atoms with Crippen molar-refractivity contribution in [3.8, 4) is 22.4 Å². The van der Waals surface area contributed by atoms with E-state index in [1.807, 2.05) is 13.0 Å². The third-order valence-electron chi connectivity index (χ3n) is 5.99. The van der Waals surface area contributed by atoms with E-state index in [0.717, 1.165) is 15.4 Å². The second kappa shape index (κ2) is 7.79. The molecule has 3 aromatic heterocycles. The number of guanidine groups is 1. The number of nitrogens with zero attached hydrogens (tertiary/aromatic N) is 3. The van der Waals surface area contributed by atoms with Crippen molar-refractivity contribution in [2.24, 2.45) is 10.7 Å². The van der Waals surface area contributed by atoms with E-state index in [0.29, 0.717) is 36.8 Å². The Morgan fingerprint density at radius 3 is 2.68 bits per heavy atom. The normalized spacial score (nSPS) is 20.0. The number of pyridine rings is 1. The Bertz CT molecular complexity index is 1590. The van der Waals surface area contributed by atoms with Crippen LogP contribution >= 0.6 is 22.9 Å². The third-order valence-corrected chi connectivity index (χ3v) is 9.91. The molecule has 0 fully saturated rings. The molecule has 4 aromatic rings. The van der Waals surface area contributed by atoms with Crippen molar-refractivity contribution < 1.29 is 17.2 Å². The molecule has 0 saturated heterocycles. The van der Waals surface area contributed by atoms with Crippen molar-refractivity contribution in [1.29, 1.82) is 0 Å². The molecule has 0 radical (unpaired) electrons. The number of aromatic nitrogens is 1. The Balaban J connectivity index is 1.66. The molecule has 176 valence electrons. The van der Waals surface area contributed by atoms with Crippen LogP contribution < -0.4 is 5.73 Å². The number of nitrogens with two attached hydrogens (primary N) is 1. The number of hydrogen-bond donors (Lipinski definition) is 1. The summed E-state index contributed by atoms with van der Waals surface area (Å²) in [5, 5.41) is 1.00. The van der Waals surface area contributed by atoms with Gasteiger partial charge in [-0.25, -0.2) is 22.1 Å². The first kappa shape index (κ1) is 22.8. The quantitative estimate of drug-likeness (QED) is 0.405. The minimum atomic E-state index is -3.68. The van der Waals surface area contributed by atoms with Crippen molar-refractivity contribution in [2.75, 3.05) is 12.8 Å². The summed E-state index contributed by atoms with van der Waals surface area (Å²) < 4.78 is 47.4. The zero-order valence-corrected chi connectivity index (χ0v) is 20.9. The SMILES string of the molecule is Cc1cocc1-c1ccc(-c2nccc3c(Cl)c(C4(C)CS(=O)(=O)N(C)C(N)=N4)sc23)c(F)c1. The molecule has 1 aromatic carbocycles. The van der Waals surface area contributed by atoms with Crippen LogP contribution in [0.3, 0.4) is 0 Å². The molecule has 7 nitrogen and oxygen atoms in total. The van der Waals surface area contributed by atoms with Crippen molar-refractivity contribution >= 4 is 49.0 Å². The third kappa shape index (κ3) is 3.48. The van der Waals surface area contributed by atoms with Gasteiger partial charge in [-0.15, -0.1) is 11.3 Å². The van der Waals surface area contributed by atoms with Gasteiger partial charge >= 0.3 is 0 Å². The zero-order chi connectivity index (χ0) is 24.4. The lowest BCUT2D eigenvalue weighted by atomic mass is 10.0. The number of sulfonamides is 1. The summed E-state index contributed by atoms with van der Waals surface area (Å²) in [5.74, 6) is -0.851. The molecule has 0 amide bonds. The minimum Gasteiger partial charge on any atom is -0.472 e. The molecule has 1 aliphatic rings. The van der Waals surface area contributed by atoms with E-state index in [9.17, 15) is 8.42 Å². The summed E-state index contributed by atoms with van der Waals surface area (Å²) in [4.78, 5) is 9.41. The highest BCUT2D eigenvalue weighted by Gasteiger charge is 2.43. The second-order valence-electron chi connectivity index (χ2n) is 8.41. The van der Waals surface area contributed by atoms with E-state index in [1.165, 1.54) is 24.5 Å². The maximum absolute atomic E-state index is 15.3. The summed E-state index contributed by atoms with van der Waals surface area (Å²) in [5.41, 5.74) is 7.86. The summed E-state index contributed by atoms with van der Waals surface area (Å²) in [6.07, 6.45) is 4.74. The molecule has 4 heterocycles. The molecule has 0 aliphatic carbocycles. The number of aryl methyl sites for hydroxylation is 1. The summed E-state index contributed by atoms with van der Waals surface area (Å²) in [7, 11) is -2.32. The first-order chi connectivity index (χ1) is 16.0. The number of benzene rings is 1. The standard InChI is InChI=1S/C23H20ClFN4O3S2/c1-12-9-32-10-16(12)13-4-5-14(17(25)8-13)19-20-15(6-7-27-19)18(24)21(33-20)23(2)11-34(30,31)29(3)22(26)28-23/h4-10H,11H2,1-3H3,(H2,26,28). The van der Waals surface area contributed by atoms with Crippen LogP contribution in [0.1, 0.15) is 17.4 Å². The molecule has 11 heteroatoms. The Morgan fingerprint density at radius 1 is 1.26 bits per heavy atom. The van der Waals surface area contributed by atoms with E-state index in [-0.39, 0.29) is 11.7 Å². The van der Waals surface area contributed by atoms with E-state index in [2.05, 4.69) is 9.98 Å².